The molecule has 0 radical (unpaired) electrons. The molecule has 94 valence electrons. The van der Waals surface area contributed by atoms with Crippen molar-refractivity contribution in [1.82, 2.24) is 0 Å². The molecule has 17 heavy (non-hydrogen) atoms. The number of rotatable bonds is 6. The average molecular weight is 254 g/mol. The number of hydrogen-bond donors (Lipinski definition) is 1. The Morgan fingerprint density at radius 3 is 2.71 bits per heavy atom. The van der Waals surface area contributed by atoms with Crippen LogP contribution in [0.15, 0.2) is 23.1 Å². The smallest absolute Gasteiger partial charge is 0.340 e. The second-order valence-corrected chi connectivity index (χ2v) is 5.38. The molecule has 0 aliphatic carbocycles. The van der Waals surface area contributed by atoms with Crippen LogP contribution in [0.5, 0.6) is 5.75 Å². The monoisotopic (exact) mass is 254 g/mol. The Morgan fingerprint density at radius 1 is 1.47 bits per heavy atom. The second kappa shape index (κ2) is 6.55. The number of carboxylic acids is 1. The summed E-state index contributed by atoms with van der Waals surface area (Å²) in [6, 6.07) is 5.37. The summed E-state index contributed by atoms with van der Waals surface area (Å²) in [7, 11) is 0. The zero-order chi connectivity index (χ0) is 12.8. The summed E-state index contributed by atoms with van der Waals surface area (Å²) >= 11 is 1.52. The van der Waals surface area contributed by atoms with Gasteiger partial charge in [0.25, 0.3) is 0 Å². The maximum absolute atomic E-state index is 11.3. The molecule has 1 N–H and O–H groups in total. The Hall–Kier alpha value is -1.16. The van der Waals surface area contributed by atoms with Crippen LogP contribution in [-0.4, -0.2) is 23.4 Å². The van der Waals surface area contributed by atoms with E-state index in [0.29, 0.717) is 18.3 Å². The number of aromatic carboxylic acids is 1. The van der Waals surface area contributed by atoms with Crippen molar-refractivity contribution in [3.63, 3.8) is 0 Å². The number of benzene rings is 1. The number of thioether (sulfide) groups is 1. The van der Waals surface area contributed by atoms with Gasteiger partial charge in [-0.25, -0.2) is 4.79 Å². The van der Waals surface area contributed by atoms with E-state index in [4.69, 9.17) is 4.74 Å². The third-order valence-corrected chi connectivity index (χ3v) is 3.01. The lowest BCUT2D eigenvalue weighted by molar-refractivity contribution is 0.0687. The van der Waals surface area contributed by atoms with Crippen molar-refractivity contribution in [2.45, 2.75) is 25.7 Å². The molecule has 0 bridgehead atoms. The van der Waals surface area contributed by atoms with Crippen LogP contribution in [0.1, 0.15) is 31.1 Å². The Kier molecular flexibility index (Phi) is 5.35. The minimum atomic E-state index is -0.930. The predicted octanol–water partition coefficient (Wildman–Crippen LogP) is 3.53. The van der Waals surface area contributed by atoms with Crippen LogP contribution in [0.25, 0.3) is 0 Å². The van der Waals surface area contributed by atoms with E-state index in [-0.39, 0.29) is 5.56 Å². The van der Waals surface area contributed by atoms with E-state index in [1.54, 1.807) is 6.07 Å². The Labute approximate surface area is 106 Å². The van der Waals surface area contributed by atoms with Crippen LogP contribution < -0.4 is 4.74 Å². The molecule has 3 nitrogen and oxygen atoms in total. The zero-order valence-corrected chi connectivity index (χ0v) is 11.2. The molecule has 0 aliphatic rings. The summed E-state index contributed by atoms with van der Waals surface area (Å²) < 4.78 is 5.55. The molecule has 0 spiro atoms. The van der Waals surface area contributed by atoms with Gasteiger partial charge in [-0.05, 0) is 23.8 Å². The average Bonchev–Trinajstić information content (AvgIpc) is 2.26. The minimum Gasteiger partial charge on any atom is -0.492 e. The SMILES string of the molecule is CCSc1cccc(OCC(C)C)c1C(=O)O. The van der Waals surface area contributed by atoms with E-state index in [1.165, 1.54) is 11.8 Å². The van der Waals surface area contributed by atoms with Crippen molar-refractivity contribution < 1.29 is 14.6 Å². The van der Waals surface area contributed by atoms with Gasteiger partial charge >= 0.3 is 5.97 Å². The van der Waals surface area contributed by atoms with Gasteiger partial charge in [0.05, 0.1) is 6.61 Å². The Morgan fingerprint density at radius 2 is 2.18 bits per heavy atom. The van der Waals surface area contributed by atoms with Gasteiger partial charge in [0.15, 0.2) is 0 Å². The van der Waals surface area contributed by atoms with Crippen LogP contribution in [0, 0.1) is 5.92 Å². The van der Waals surface area contributed by atoms with Gasteiger partial charge in [-0.2, -0.15) is 0 Å². The van der Waals surface area contributed by atoms with Crippen LogP contribution in [0.3, 0.4) is 0 Å². The summed E-state index contributed by atoms with van der Waals surface area (Å²) in [6.45, 7) is 6.59. The normalized spacial score (nSPS) is 10.6. The van der Waals surface area contributed by atoms with E-state index >= 15 is 0 Å². The molecular formula is C13H18O3S. The van der Waals surface area contributed by atoms with Gasteiger partial charge in [-0.3, -0.25) is 0 Å². The molecule has 0 aliphatic heterocycles. The topological polar surface area (TPSA) is 46.5 Å². The van der Waals surface area contributed by atoms with Crippen molar-refractivity contribution in [2.75, 3.05) is 12.4 Å². The summed E-state index contributed by atoms with van der Waals surface area (Å²) in [6.07, 6.45) is 0. The maximum atomic E-state index is 11.3. The van der Waals surface area contributed by atoms with Crippen LogP contribution in [-0.2, 0) is 0 Å². The van der Waals surface area contributed by atoms with Crippen molar-refractivity contribution in [1.29, 1.82) is 0 Å². The molecular weight excluding hydrogens is 236 g/mol. The number of ether oxygens (including phenoxy) is 1. The number of carboxylic acid groups (broad SMARTS) is 1. The fourth-order valence-corrected chi connectivity index (χ4v) is 2.19. The first-order chi connectivity index (χ1) is 8.06. The second-order valence-electron chi connectivity index (χ2n) is 4.07. The predicted molar refractivity (Wildman–Crippen MR) is 70.1 cm³/mol. The summed E-state index contributed by atoms with van der Waals surface area (Å²) in [5, 5.41) is 9.25. The molecule has 1 rings (SSSR count). The van der Waals surface area contributed by atoms with E-state index in [9.17, 15) is 9.90 Å². The lowest BCUT2D eigenvalue weighted by Gasteiger charge is -2.13. The first-order valence-corrected chi connectivity index (χ1v) is 6.66. The van der Waals surface area contributed by atoms with Crippen molar-refractivity contribution in [3.8, 4) is 5.75 Å². The lowest BCUT2D eigenvalue weighted by Crippen LogP contribution is -2.09. The van der Waals surface area contributed by atoms with Crippen molar-refractivity contribution >= 4 is 17.7 Å². The molecule has 4 heteroatoms. The van der Waals surface area contributed by atoms with Crippen LogP contribution in [0.2, 0.25) is 0 Å². The number of carbonyl (C=O) groups is 1. The minimum absolute atomic E-state index is 0.278. The molecule has 0 unspecified atom stereocenters. The fraction of sp³-hybridized carbons (Fsp3) is 0.462. The van der Waals surface area contributed by atoms with Crippen molar-refractivity contribution in [2.24, 2.45) is 5.92 Å². The third kappa shape index (κ3) is 3.97. The van der Waals surface area contributed by atoms with Gasteiger partial charge in [-0.1, -0.05) is 26.8 Å². The fourth-order valence-electron chi connectivity index (χ4n) is 1.37. The van der Waals surface area contributed by atoms with Crippen molar-refractivity contribution in [3.05, 3.63) is 23.8 Å². The van der Waals surface area contributed by atoms with E-state index in [2.05, 4.69) is 0 Å². The molecule has 0 atom stereocenters. The van der Waals surface area contributed by atoms with E-state index in [0.717, 1.165) is 10.6 Å². The van der Waals surface area contributed by atoms with Gasteiger partial charge in [-0.15, -0.1) is 11.8 Å². The van der Waals surface area contributed by atoms with Gasteiger partial charge < -0.3 is 9.84 Å². The molecule has 0 saturated heterocycles. The molecule has 1 aromatic rings. The highest BCUT2D eigenvalue weighted by Crippen LogP contribution is 2.30. The highest BCUT2D eigenvalue weighted by atomic mass is 32.2. The molecule has 0 aromatic heterocycles. The first kappa shape index (κ1) is 13.9. The summed E-state index contributed by atoms with van der Waals surface area (Å²) in [4.78, 5) is 12.0. The van der Waals surface area contributed by atoms with Gasteiger partial charge in [0.1, 0.15) is 11.3 Å². The highest BCUT2D eigenvalue weighted by molar-refractivity contribution is 7.99. The quantitative estimate of drug-likeness (QED) is 0.789. The molecule has 0 saturated carbocycles. The standard InChI is InChI=1S/C13H18O3S/c1-4-17-11-7-5-6-10(12(11)13(14)15)16-8-9(2)3/h5-7,9H,4,8H2,1-3H3,(H,14,15). The Bertz CT molecular complexity index is 388. The lowest BCUT2D eigenvalue weighted by atomic mass is 10.2. The summed E-state index contributed by atoms with van der Waals surface area (Å²) in [5.74, 6) is 0.748. The van der Waals surface area contributed by atoms with E-state index < -0.39 is 5.97 Å². The largest absolute Gasteiger partial charge is 0.492 e. The van der Waals surface area contributed by atoms with Crippen LogP contribution >= 0.6 is 11.8 Å². The Balaban J connectivity index is 3.02. The van der Waals surface area contributed by atoms with Gasteiger partial charge in [0.2, 0.25) is 0 Å². The van der Waals surface area contributed by atoms with Crippen LogP contribution in [0.4, 0.5) is 0 Å². The zero-order valence-electron chi connectivity index (χ0n) is 10.4. The first-order valence-electron chi connectivity index (χ1n) is 5.68. The summed E-state index contributed by atoms with van der Waals surface area (Å²) in [5.41, 5.74) is 0.278. The van der Waals surface area contributed by atoms with E-state index in [1.807, 2.05) is 32.9 Å². The molecule has 0 heterocycles. The highest BCUT2D eigenvalue weighted by Gasteiger charge is 2.16. The number of hydrogen-bond acceptors (Lipinski definition) is 3. The maximum Gasteiger partial charge on any atom is 0.340 e. The third-order valence-electron chi connectivity index (χ3n) is 2.07. The molecule has 1 aromatic carbocycles. The molecule has 0 amide bonds. The molecule has 0 fully saturated rings. The van der Waals surface area contributed by atoms with Gasteiger partial charge in [0, 0.05) is 4.90 Å².